The Hall–Kier alpha value is -0.120. The van der Waals surface area contributed by atoms with Crippen molar-refractivity contribution in [3.05, 3.63) is 0 Å². The van der Waals surface area contributed by atoms with Crippen LogP contribution in [0.2, 0.25) is 0 Å². The second-order valence-corrected chi connectivity index (χ2v) is 7.00. The molecule has 2 saturated heterocycles. The van der Waals surface area contributed by atoms with E-state index in [-0.39, 0.29) is 0 Å². The number of hydrogen-bond acceptors (Lipinski definition) is 3. The van der Waals surface area contributed by atoms with Crippen molar-refractivity contribution in [3.63, 3.8) is 0 Å². The predicted molar refractivity (Wildman–Crippen MR) is 87.2 cm³/mol. The molecular weight excluding hydrogens is 246 g/mol. The summed E-state index contributed by atoms with van der Waals surface area (Å²) in [7, 11) is 0. The number of piperidine rings is 1. The van der Waals surface area contributed by atoms with Crippen molar-refractivity contribution in [2.45, 2.75) is 65.0 Å². The molecule has 0 spiro atoms. The van der Waals surface area contributed by atoms with Gasteiger partial charge in [-0.3, -0.25) is 0 Å². The number of likely N-dealkylation sites (tertiary alicyclic amines) is 2. The van der Waals surface area contributed by atoms with Gasteiger partial charge < -0.3 is 15.1 Å². The van der Waals surface area contributed by atoms with Gasteiger partial charge in [0.2, 0.25) is 0 Å². The van der Waals surface area contributed by atoms with Crippen LogP contribution >= 0.6 is 0 Å². The molecule has 2 heterocycles. The molecule has 3 heteroatoms. The molecule has 1 unspecified atom stereocenters. The van der Waals surface area contributed by atoms with Crippen LogP contribution in [-0.2, 0) is 0 Å². The molecule has 1 N–H and O–H groups in total. The Balaban J connectivity index is 1.73. The van der Waals surface area contributed by atoms with Crippen molar-refractivity contribution >= 4 is 0 Å². The van der Waals surface area contributed by atoms with Crippen LogP contribution in [0.4, 0.5) is 0 Å². The van der Waals surface area contributed by atoms with Crippen LogP contribution in [0.25, 0.3) is 0 Å². The number of nitrogens with one attached hydrogen (secondary N) is 1. The Morgan fingerprint density at radius 3 is 2.40 bits per heavy atom. The summed E-state index contributed by atoms with van der Waals surface area (Å²) >= 11 is 0. The molecule has 2 fully saturated rings. The molecule has 1 atom stereocenters. The molecule has 0 saturated carbocycles. The third-order valence-electron chi connectivity index (χ3n) is 5.31. The zero-order valence-electron chi connectivity index (χ0n) is 13.9. The molecular formula is C17H35N3. The molecule has 118 valence electrons. The largest absolute Gasteiger partial charge is 0.317 e. The van der Waals surface area contributed by atoms with Gasteiger partial charge in [-0.1, -0.05) is 6.92 Å². The molecule has 0 radical (unpaired) electrons. The van der Waals surface area contributed by atoms with Crippen molar-refractivity contribution in [1.29, 1.82) is 0 Å². The highest BCUT2D eigenvalue weighted by Gasteiger charge is 2.27. The normalized spacial score (nSPS) is 27.9. The van der Waals surface area contributed by atoms with E-state index in [4.69, 9.17) is 0 Å². The molecule has 2 aliphatic heterocycles. The van der Waals surface area contributed by atoms with E-state index in [9.17, 15) is 0 Å². The smallest absolute Gasteiger partial charge is 0.0108 e. The Labute approximate surface area is 126 Å². The second-order valence-electron chi connectivity index (χ2n) is 7.00. The fourth-order valence-corrected chi connectivity index (χ4v) is 3.85. The van der Waals surface area contributed by atoms with Gasteiger partial charge in [0.15, 0.2) is 0 Å². The lowest BCUT2D eigenvalue weighted by Crippen LogP contribution is -2.43. The maximum absolute atomic E-state index is 3.52. The van der Waals surface area contributed by atoms with Crippen LogP contribution < -0.4 is 5.32 Å². The minimum Gasteiger partial charge on any atom is -0.317 e. The van der Waals surface area contributed by atoms with E-state index in [1.165, 1.54) is 64.8 Å². The van der Waals surface area contributed by atoms with Gasteiger partial charge in [0.05, 0.1) is 0 Å². The summed E-state index contributed by atoms with van der Waals surface area (Å²) in [5.41, 5.74) is 0. The van der Waals surface area contributed by atoms with Crippen LogP contribution in [-0.4, -0.2) is 61.2 Å². The first-order chi connectivity index (χ1) is 9.70. The maximum atomic E-state index is 3.52. The minimum atomic E-state index is 0.722. The van der Waals surface area contributed by atoms with E-state index >= 15 is 0 Å². The van der Waals surface area contributed by atoms with E-state index in [1.807, 2.05) is 0 Å². The first-order valence-corrected chi connectivity index (χ1v) is 8.89. The zero-order valence-corrected chi connectivity index (χ0v) is 13.9. The fraction of sp³-hybridized carbons (Fsp3) is 1.00. The summed E-state index contributed by atoms with van der Waals surface area (Å²) in [5.74, 6) is 0.921. The molecule has 20 heavy (non-hydrogen) atoms. The van der Waals surface area contributed by atoms with Crippen LogP contribution in [0.5, 0.6) is 0 Å². The Bertz CT molecular complexity index is 259. The summed E-state index contributed by atoms with van der Waals surface area (Å²) in [5, 5.41) is 3.52. The predicted octanol–water partition coefficient (Wildman–Crippen LogP) is 2.57. The summed E-state index contributed by atoms with van der Waals surface area (Å²) < 4.78 is 0. The highest BCUT2D eigenvalue weighted by atomic mass is 15.2. The monoisotopic (exact) mass is 281 g/mol. The standard InChI is InChI=1S/C17H35N3/c1-4-18-14-16-7-11-20(12-8-16)17-6-5-10-19(13-9-17)15(2)3/h15-18H,4-14H2,1-3H3. The summed E-state index contributed by atoms with van der Waals surface area (Å²) in [6.07, 6.45) is 6.99. The lowest BCUT2D eigenvalue weighted by Gasteiger charge is -2.37. The van der Waals surface area contributed by atoms with E-state index in [2.05, 4.69) is 35.9 Å². The van der Waals surface area contributed by atoms with Gasteiger partial charge in [-0.25, -0.2) is 0 Å². The van der Waals surface area contributed by atoms with E-state index in [1.54, 1.807) is 0 Å². The quantitative estimate of drug-likeness (QED) is 0.835. The summed E-state index contributed by atoms with van der Waals surface area (Å²) in [6.45, 7) is 14.5. The Morgan fingerprint density at radius 2 is 1.75 bits per heavy atom. The van der Waals surface area contributed by atoms with Crippen LogP contribution in [0.15, 0.2) is 0 Å². The highest BCUT2D eigenvalue weighted by molar-refractivity contribution is 4.83. The third kappa shape index (κ3) is 4.71. The van der Waals surface area contributed by atoms with Gasteiger partial charge >= 0.3 is 0 Å². The Kier molecular flexibility index (Phi) is 6.79. The lowest BCUT2D eigenvalue weighted by molar-refractivity contribution is 0.119. The molecule has 2 aliphatic rings. The molecule has 0 aliphatic carbocycles. The van der Waals surface area contributed by atoms with Crippen molar-refractivity contribution in [3.8, 4) is 0 Å². The Morgan fingerprint density at radius 1 is 1.00 bits per heavy atom. The number of hydrogen-bond donors (Lipinski definition) is 1. The van der Waals surface area contributed by atoms with Gasteiger partial charge in [0.1, 0.15) is 0 Å². The van der Waals surface area contributed by atoms with Gasteiger partial charge in [0.25, 0.3) is 0 Å². The van der Waals surface area contributed by atoms with Gasteiger partial charge in [-0.05, 0) is 91.1 Å². The molecule has 0 aromatic carbocycles. The molecule has 2 rings (SSSR count). The first-order valence-electron chi connectivity index (χ1n) is 8.89. The van der Waals surface area contributed by atoms with E-state index in [0.717, 1.165) is 24.5 Å². The van der Waals surface area contributed by atoms with E-state index < -0.39 is 0 Å². The SMILES string of the molecule is CCNCC1CCN(C2CCCN(C(C)C)CC2)CC1. The lowest BCUT2D eigenvalue weighted by atomic mass is 9.94. The molecule has 0 bridgehead atoms. The average Bonchev–Trinajstić information content (AvgIpc) is 2.71. The third-order valence-corrected chi connectivity index (χ3v) is 5.31. The van der Waals surface area contributed by atoms with Crippen LogP contribution in [0, 0.1) is 5.92 Å². The molecule has 0 amide bonds. The van der Waals surface area contributed by atoms with Crippen LogP contribution in [0.1, 0.15) is 52.9 Å². The van der Waals surface area contributed by atoms with Gasteiger partial charge in [-0.15, -0.1) is 0 Å². The fourth-order valence-electron chi connectivity index (χ4n) is 3.85. The number of nitrogens with zero attached hydrogens (tertiary/aromatic N) is 2. The summed E-state index contributed by atoms with van der Waals surface area (Å²) in [4.78, 5) is 5.46. The molecule has 3 nitrogen and oxygen atoms in total. The van der Waals surface area contributed by atoms with Crippen molar-refractivity contribution in [2.75, 3.05) is 39.3 Å². The second kappa shape index (κ2) is 8.35. The average molecular weight is 281 g/mol. The van der Waals surface area contributed by atoms with Crippen molar-refractivity contribution in [1.82, 2.24) is 15.1 Å². The van der Waals surface area contributed by atoms with E-state index in [0.29, 0.717) is 0 Å². The summed E-state index contributed by atoms with van der Waals surface area (Å²) in [6, 6.07) is 1.58. The number of rotatable bonds is 5. The van der Waals surface area contributed by atoms with Crippen molar-refractivity contribution in [2.24, 2.45) is 5.92 Å². The minimum absolute atomic E-state index is 0.722. The highest BCUT2D eigenvalue weighted by Crippen LogP contribution is 2.24. The first kappa shape index (κ1) is 16.3. The zero-order chi connectivity index (χ0) is 14.4. The maximum Gasteiger partial charge on any atom is 0.0108 e. The van der Waals surface area contributed by atoms with Crippen molar-refractivity contribution < 1.29 is 0 Å². The molecule has 0 aromatic heterocycles. The topological polar surface area (TPSA) is 18.5 Å². The van der Waals surface area contributed by atoms with Gasteiger partial charge in [-0.2, -0.15) is 0 Å². The van der Waals surface area contributed by atoms with Crippen LogP contribution in [0.3, 0.4) is 0 Å². The van der Waals surface area contributed by atoms with Gasteiger partial charge in [0, 0.05) is 12.1 Å². The molecule has 0 aromatic rings.